The Morgan fingerprint density at radius 2 is 2.54 bits per heavy atom. The van der Waals surface area contributed by atoms with Crippen molar-refractivity contribution >= 4 is 11.5 Å². The molecule has 0 bridgehead atoms. The van der Waals surface area contributed by atoms with Crippen molar-refractivity contribution in [1.29, 1.82) is 0 Å². The number of pyridine rings is 1. The van der Waals surface area contributed by atoms with Crippen LogP contribution in [0.25, 0.3) is 0 Å². The van der Waals surface area contributed by atoms with Crippen molar-refractivity contribution < 1.29 is 0 Å². The highest BCUT2D eigenvalue weighted by Gasteiger charge is 1.99. The first-order chi connectivity index (χ1) is 6.27. The van der Waals surface area contributed by atoms with Crippen molar-refractivity contribution in [3.63, 3.8) is 0 Å². The predicted octanol–water partition coefficient (Wildman–Crippen LogP) is 0.989. The number of hydrogen-bond donors (Lipinski definition) is 2. The molecule has 3 N–H and O–H groups in total. The monoisotopic (exact) mass is 178 g/mol. The Kier molecular flexibility index (Phi) is 3.28. The summed E-state index contributed by atoms with van der Waals surface area (Å²) < 4.78 is 0. The molecule has 1 rings (SSSR count). The molecule has 0 aliphatic carbocycles. The van der Waals surface area contributed by atoms with Gasteiger partial charge in [0.05, 0.1) is 0 Å². The summed E-state index contributed by atoms with van der Waals surface area (Å²) in [6, 6.07) is 3.80. The normalized spacial score (nSPS) is 9.38. The Balaban J connectivity index is 2.81. The van der Waals surface area contributed by atoms with Crippen LogP contribution in [0.2, 0.25) is 0 Å². The zero-order chi connectivity index (χ0) is 9.68. The summed E-state index contributed by atoms with van der Waals surface area (Å²) in [5.74, 6) is 5.90. The van der Waals surface area contributed by atoms with Gasteiger partial charge >= 0.3 is 0 Å². The van der Waals surface area contributed by atoms with Crippen LogP contribution in [0.1, 0.15) is 0 Å². The highest BCUT2D eigenvalue weighted by Crippen LogP contribution is 2.14. The van der Waals surface area contributed by atoms with E-state index in [1.807, 2.05) is 25.3 Å². The smallest absolute Gasteiger partial charge is 0.141 e. The highest BCUT2D eigenvalue weighted by atomic mass is 15.2. The van der Waals surface area contributed by atoms with Gasteiger partial charge in [-0.1, -0.05) is 6.08 Å². The van der Waals surface area contributed by atoms with Gasteiger partial charge in [-0.3, -0.25) is 0 Å². The first-order valence-corrected chi connectivity index (χ1v) is 4.02. The number of anilines is 2. The van der Waals surface area contributed by atoms with Crippen LogP contribution in [0.4, 0.5) is 11.5 Å². The Bertz CT molecular complexity index is 285. The van der Waals surface area contributed by atoms with Gasteiger partial charge in [-0.05, 0) is 6.07 Å². The third-order valence-corrected chi connectivity index (χ3v) is 1.74. The van der Waals surface area contributed by atoms with Crippen molar-refractivity contribution in [3.05, 3.63) is 31.0 Å². The lowest BCUT2D eigenvalue weighted by Crippen LogP contribution is -2.17. The van der Waals surface area contributed by atoms with Crippen molar-refractivity contribution in [2.24, 2.45) is 5.84 Å². The van der Waals surface area contributed by atoms with E-state index in [1.54, 1.807) is 6.20 Å². The molecule has 0 aliphatic heterocycles. The molecule has 4 heteroatoms. The van der Waals surface area contributed by atoms with Gasteiger partial charge in [0.2, 0.25) is 0 Å². The molecule has 0 unspecified atom stereocenters. The molecule has 0 amide bonds. The van der Waals surface area contributed by atoms with Crippen LogP contribution in [0.15, 0.2) is 31.0 Å². The number of hydrazine groups is 1. The second kappa shape index (κ2) is 4.47. The molecule has 0 saturated carbocycles. The van der Waals surface area contributed by atoms with Crippen molar-refractivity contribution in [2.75, 3.05) is 23.9 Å². The molecule has 1 aromatic heterocycles. The average molecular weight is 178 g/mol. The second-order valence-corrected chi connectivity index (χ2v) is 2.71. The molecule has 0 aliphatic rings. The molecule has 4 nitrogen and oxygen atoms in total. The maximum Gasteiger partial charge on any atom is 0.141 e. The third-order valence-electron chi connectivity index (χ3n) is 1.74. The number of hydrogen-bond acceptors (Lipinski definition) is 4. The van der Waals surface area contributed by atoms with Gasteiger partial charge < -0.3 is 10.3 Å². The summed E-state index contributed by atoms with van der Waals surface area (Å²) in [6.07, 6.45) is 3.56. The zero-order valence-corrected chi connectivity index (χ0v) is 7.70. The molecule has 0 aromatic carbocycles. The predicted molar refractivity (Wildman–Crippen MR) is 55.5 cm³/mol. The molecule has 0 saturated heterocycles. The van der Waals surface area contributed by atoms with Gasteiger partial charge in [0.25, 0.3) is 0 Å². The van der Waals surface area contributed by atoms with Crippen molar-refractivity contribution in [3.8, 4) is 0 Å². The molecule has 0 radical (unpaired) electrons. The summed E-state index contributed by atoms with van der Waals surface area (Å²) in [7, 11) is 1.98. The minimum atomic E-state index is 0.661. The summed E-state index contributed by atoms with van der Waals surface area (Å²) in [5, 5.41) is 0. The molecular formula is C9H14N4. The maximum absolute atomic E-state index is 5.24. The molecule has 1 aromatic rings. The lowest BCUT2D eigenvalue weighted by molar-refractivity contribution is 1.03. The lowest BCUT2D eigenvalue weighted by atomic mass is 10.3. The number of likely N-dealkylation sites (N-methyl/N-ethyl adjacent to an activating group) is 1. The average Bonchev–Trinajstić information content (AvgIpc) is 2.18. The molecule has 0 fully saturated rings. The van der Waals surface area contributed by atoms with Crippen LogP contribution < -0.4 is 16.2 Å². The quantitative estimate of drug-likeness (QED) is 0.410. The van der Waals surface area contributed by atoms with E-state index in [1.165, 1.54) is 0 Å². The highest BCUT2D eigenvalue weighted by molar-refractivity contribution is 5.53. The van der Waals surface area contributed by atoms with Gasteiger partial charge in [-0.25, -0.2) is 10.8 Å². The van der Waals surface area contributed by atoms with E-state index in [2.05, 4.69) is 21.9 Å². The van der Waals surface area contributed by atoms with E-state index in [0.717, 1.165) is 12.2 Å². The number of nitrogen functional groups attached to an aromatic ring is 1. The SMILES string of the molecule is C=CCN(C)c1ccnc(NN)c1. The standard InChI is InChI=1S/C9H14N4/c1-3-6-13(2)8-4-5-11-9(7-8)12-10/h3-5,7H,1,6,10H2,2H3,(H,11,12). The number of nitrogens with one attached hydrogen (secondary N) is 1. The van der Waals surface area contributed by atoms with Crippen LogP contribution in [-0.2, 0) is 0 Å². The van der Waals surface area contributed by atoms with E-state index in [0.29, 0.717) is 5.82 Å². The van der Waals surface area contributed by atoms with Crippen LogP contribution in [0.5, 0.6) is 0 Å². The maximum atomic E-state index is 5.24. The van der Waals surface area contributed by atoms with E-state index in [4.69, 9.17) is 5.84 Å². The first kappa shape index (κ1) is 9.54. The molecular weight excluding hydrogens is 164 g/mol. The van der Waals surface area contributed by atoms with Gasteiger partial charge in [-0.15, -0.1) is 6.58 Å². The minimum Gasteiger partial charge on any atom is -0.371 e. The first-order valence-electron chi connectivity index (χ1n) is 4.02. The van der Waals surface area contributed by atoms with Crippen LogP contribution in [0.3, 0.4) is 0 Å². The molecule has 13 heavy (non-hydrogen) atoms. The van der Waals surface area contributed by atoms with Crippen LogP contribution in [0, 0.1) is 0 Å². The summed E-state index contributed by atoms with van der Waals surface area (Å²) in [6.45, 7) is 4.47. The Labute approximate surface area is 78.0 Å². The van der Waals surface area contributed by atoms with Gasteiger partial charge in [0.1, 0.15) is 5.82 Å². The van der Waals surface area contributed by atoms with Gasteiger partial charge in [-0.2, -0.15) is 0 Å². The number of nitrogens with zero attached hydrogens (tertiary/aromatic N) is 2. The zero-order valence-electron chi connectivity index (χ0n) is 7.70. The third kappa shape index (κ3) is 2.45. The van der Waals surface area contributed by atoms with Crippen LogP contribution in [-0.4, -0.2) is 18.6 Å². The minimum absolute atomic E-state index is 0.661. The number of nitrogens with two attached hydrogens (primary N) is 1. The molecule has 70 valence electrons. The largest absolute Gasteiger partial charge is 0.371 e. The number of rotatable bonds is 4. The van der Waals surface area contributed by atoms with Crippen LogP contribution >= 0.6 is 0 Å². The van der Waals surface area contributed by atoms with Crippen molar-refractivity contribution in [1.82, 2.24) is 4.98 Å². The van der Waals surface area contributed by atoms with E-state index in [-0.39, 0.29) is 0 Å². The molecule has 1 heterocycles. The fourth-order valence-electron chi connectivity index (χ4n) is 1.03. The van der Waals surface area contributed by atoms with E-state index >= 15 is 0 Å². The number of aromatic nitrogens is 1. The fraction of sp³-hybridized carbons (Fsp3) is 0.222. The summed E-state index contributed by atoms with van der Waals surface area (Å²) >= 11 is 0. The van der Waals surface area contributed by atoms with Gasteiger partial charge in [0.15, 0.2) is 0 Å². The van der Waals surface area contributed by atoms with E-state index < -0.39 is 0 Å². The van der Waals surface area contributed by atoms with Crippen molar-refractivity contribution in [2.45, 2.75) is 0 Å². The Morgan fingerprint density at radius 3 is 3.15 bits per heavy atom. The Hall–Kier alpha value is -1.55. The summed E-state index contributed by atoms with van der Waals surface area (Å²) in [4.78, 5) is 6.06. The molecule has 0 spiro atoms. The second-order valence-electron chi connectivity index (χ2n) is 2.71. The lowest BCUT2D eigenvalue weighted by Gasteiger charge is -2.17. The Morgan fingerprint density at radius 1 is 1.77 bits per heavy atom. The van der Waals surface area contributed by atoms with Gasteiger partial charge in [0, 0.05) is 31.5 Å². The summed E-state index contributed by atoms with van der Waals surface area (Å²) in [5.41, 5.74) is 3.56. The molecule has 0 atom stereocenters. The van der Waals surface area contributed by atoms with E-state index in [9.17, 15) is 0 Å². The fourth-order valence-corrected chi connectivity index (χ4v) is 1.03. The topological polar surface area (TPSA) is 54.2 Å².